The predicted molar refractivity (Wildman–Crippen MR) is 70.0 cm³/mol. The molecule has 0 atom stereocenters. The predicted octanol–water partition coefficient (Wildman–Crippen LogP) is 0.461. The van der Waals surface area contributed by atoms with Crippen LogP contribution in [0.4, 0.5) is 4.79 Å². The van der Waals surface area contributed by atoms with Gasteiger partial charge in [0.05, 0.1) is 0 Å². The average Bonchev–Trinajstić information content (AvgIpc) is 2.73. The van der Waals surface area contributed by atoms with Gasteiger partial charge in [0.1, 0.15) is 0 Å². The van der Waals surface area contributed by atoms with E-state index in [0.29, 0.717) is 12.6 Å². The van der Waals surface area contributed by atoms with Gasteiger partial charge in [-0.2, -0.15) is 0 Å². The van der Waals surface area contributed by atoms with Crippen molar-refractivity contribution in [3.05, 3.63) is 0 Å². The standard InChI is InChI=1S/C12H26N4O/c1-3-11(4-2)15(7-5-13)9-10-16-8-6-14-12(16)17/h11H,3-10,13H2,1-2H3,(H,14,17). The maximum absolute atomic E-state index is 11.4. The SMILES string of the molecule is CCC(CC)N(CCN)CCN1CCNC1=O. The van der Waals surface area contributed by atoms with Crippen molar-refractivity contribution in [1.82, 2.24) is 15.1 Å². The maximum Gasteiger partial charge on any atom is 0.317 e. The van der Waals surface area contributed by atoms with E-state index in [9.17, 15) is 4.79 Å². The van der Waals surface area contributed by atoms with Crippen LogP contribution in [0.2, 0.25) is 0 Å². The summed E-state index contributed by atoms with van der Waals surface area (Å²) in [6.07, 6.45) is 2.28. The summed E-state index contributed by atoms with van der Waals surface area (Å²) in [6.45, 7) is 9.36. The lowest BCUT2D eigenvalue weighted by Crippen LogP contribution is -2.43. The van der Waals surface area contributed by atoms with Crippen molar-refractivity contribution in [3.8, 4) is 0 Å². The second kappa shape index (κ2) is 7.50. The first-order valence-electron chi connectivity index (χ1n) is 6.69. The van der Waals surface area contributed by atoms with E-state index in [1.54, 1.807) is 0 Å². The van der Waals surface area contributed by atoms with E-state index >= 15 is 0 Å². The highest BCUT2D eigenvalue weighted by molar-refractivity contribution is 5.76. The molecule has 0 aromatic rings. The summed E-state index contributed by atoms with van der Waals surface area (Å²) < 4.78 is 0. The number of nitrogens with zero attached hydrogens (tertiary/aromatic N) is 2. The molecule has 5 nitrogen and oxygen atoms in total. The van der Waals surface area contributed by atoms with E-state index in [0.717, 1.165) is 45.6 Å². The Balaban J connectivity index is 2.40. The Labute approximate surface area is 104 Å². The van der Waals surface area contributed by atoms with Crippen molar-refractivity contribution in [1.29, 1.82) is 0 Å². The molecule has 17 heavy (non-hydrogen) atoms. The molecule has 1 rings (SSSR count). The fraction of sp³-hybridized carbons (Fsp3) is 0.917. The molecule has 1 fully saturated rings. The Hall–Kier alpha value is -0.810. The molecule has 2 amide bonds. The van der Waals surface area contributed by atoms with Crippen LogP contribution >= 0.6 is 0 Å². The van der Waals surface area contributed by atoms with Gasteiger partial charge >= 0.3 is 6.03 Å². The molecule has 1 aliphatic heterocycles. The van der Waals surface area contributed by atoms with Crippen LogP contribution in [0.25, 0.3) is 0 Å². The molecule has 0 radical (unpaired) electrons. The minimum Gasteiger partial charge on any atom is -0.336 e. The maximum atomic E-state index is 11.4. The van der Waals surface area contributed by atoms with Gasteiger partial charge in [0.15, 0.2) is 0 Å². The molecule has 0 saturated carbocycles. The second-order valence-electron chi connectivity index (χ2n) is 4.51. The molecule has 3 N–H and O–H groups in total. The van der Waals surface area contributed by atoms with Gasteiger partial charge in [-0.15, -0.1) is 0 Å². The largest absolute Gasteiger partial charge is 0.336 e. The van der Waals surface area contributed by atoms with E-state index in [2.05, 4.69) is 24.1 Å². The van der Waals surface area contributed by atoms with Crippen LogP contribution in [0, 0.1) is 0 Å². The molecule has 0 spiro atoms. The highest BCUT2D eigenvalue weighted by atomic mass is 16.2. The van der Waals surface area contributed by atoms with Gasteiger partial charge in [-0.1, -0.05) is 13.8 Å². The summed E-state index contributed by atoms with van der Waals surface area (Å²) in [5.74, 6) is 0. The van der Waals surface area contributed by atoms with Crippen molar-refractivity contribution < 1.29 is 4.79 Å². The monoisotopic (exact) mass is 242 g/mol. The minimum absolute atomic E-state index is 0.0715. The van der Waals surface area contributed by atoms with Crippen molar-refractivity contribution in [2.75, 3.05) is 39.3 Å². The zero-order valence-corrected chi connectivity index (χ0v) is 11.1. The number of amides is 2. The van der Waals surface area contributed by atoms with Gasteiger partial charge in [0, 0.05) is 45.3 Å². The molecule has 0 aromatic heterocycles. The zero-order valence-electron chi connectivity index (χ0n) is 11.1. The number of hydrogen-bond acceptors (Lipinski definition) is 3. The summed E-state index contributed by atoms with van der Waals surface area (Å²) in [4.78, 5) is 15.7. The quantitative estimate of drug-likeness (QED) is 0.650. The summed E-state index contributed by atoms with van der Waals surface area (Å²) in [7, 11) is 0. The van der Waals surface area contributed by atoms with Crippen molar-refractivity contribution in [2.45, 2.75) is 32.7 Å². The van der Waals surface area contributed by atoms with Crippen LogP contribution in [-0.2, 0) is 0 Å². The molecule has 0 aliphatic carbocycles. The molecule has 0 aromatic carbocycles. The zero-order chi connectivity index (χ0) is 12.7. The smallest absolute Gasteiger partial charge is 0.317 e. The first-order chi connectivity index (χ1) is 8.22. The van der Waals surface area contributed by atoms with Gasteiger partial charge in [-0.3, -0.25) is 4.90 Å². The van der Waals surface area contributed by atoms with Gasteiger partial charge in [0.25, 0.3) is 0 Å². The Bertz CT molecular complexity index is 231. The molecule has 0 bridgehead atoms. The lowest BCUT2D eigenvalue weighted by molar-refractivity contribution is 0.166. The van der Waals surface area contributed by atoms with Crippen LogP contribution in [-0.4, -0.2) is 61.1 Å². The first kappa shape index (κ1) is 14.3. The number of urea groups is 1. The van der Waals surface area contributed by atoms with Crippen LogP contribution in [0.3, 0.4) is 0 Å². The van der Waals surface area contributed by atoms with E-state index in [4.69, 9.17) is 5.73 Å². The summed E-state index contributed by atoms with van der Waals surface area (Å²) in [5.41, 5.74) is 5.65. The number of nitrogens with one attached hydrogen (secondary N) is 1. The number of carbonyl (C=O) groups excluding carboxylic acids is 1. The highest BCUT2D eigenvalue weighted by Gasteiger charge is 2.21. The van der Waals surface area contributed by atoms with Crippen molar-refractivity contribution in [3.63, 3.8) is 0 Å². The van der Waals surface area contributed by atoms with Gasteiger partial charge in [-0.05, 0) is 12.8 Å². The van der Waals surface area contributed by atoms with Gasteiger partial charge in [-0.25, -0.2) is 4.79 Å². The lowest BCUT2D eigenvalue weighted by atomic mass is 10.1. The fourth-order valence-electron chi connectivity index (χ4n) is 2.42. The Morgan fingerprint density at radius 1 is 1.41 bits per heavy atom. The molecule has 100 valence electrons. The third-order valence-corrected chi connectivity index (χ3v) is 3.48. The molecule has 0 unspecified atom stereocenters. The second-order valence-corrected chi connectivity index (χ2v) is 4.51. The molecule has 5 heteroatoms. The van der Waals surface area contributed by atoms with Crippen molar-refractivity contribution in [2.24, 2.45) is 5.73 Å². The highest BCUT2D eigenvalue weighted by Crippen LogP contribution is 2.08. The van der Waals surface area contributed by atoms with Crippen LogP contribution in [0.15, 0.2) is 0 Å². The van der Waals surface area contributed by atoms with Crippen LogP contribution in [0.1, 0.15) is 26.7 Å². The molecular weight excluding hydrogens is 216 g/mol. The minimum atomic E-state index is 0.0715. The third kappa shape index (κ3) is 4.16. The van der Waals surface area contributed by atoms with E-state index in [-0.39, 0.29) is 6.03 Å². The Morgan fingerprint density at radius 3 is 2.59 bits per heavy atom. The molecule has 1 aliphatic rings. The molecule has 1 saturated heterocycles. The summed E-state index contributed by atoms with van der Waals surface area (Å²) in [6, 6.07) is 0.659. The average molecular weight is 242 g/mol. The summed E-state index contributed by atoms with van der Waals surface area (Å²) in [5, 5.41) is 2.83. The Morgan fingerprint density at radius 2 is 2.12 bits per heavy atom. The molecular formula is C12H26N4O. The number of carbonyl (C=O) groups is 1. The Kier molecular flexibility index (Phi) is 6.29. The third-order valence-electron chi connectivity index (χ3n) is 3.48. The number of nitrogens with two attached hydrogens (primary N) is 1. The fourth-order valence-corrected chi connectivity index (χ4v) is 2.42. The van der Waals surface area contributed by atoms with Crippen LogP contribution < -0.4 is 11.1 Å². The number of hydrogen-bond donors (Lipinski definition) is 2. The van der Waals surface area contributed by atoms with E-state index in [1.165, 1.54) is 0 Å². The normalized spacial score (nSPS) is 16.1. The molecule has 1 heterocycles. The van der Waals surface area contributed by atoms with E-state index in [1.807, 2.05) is 4.90 Å². The van der Waals surface area contributed by atoms with E-state index < -0.39 is 0 Å². The first-order valence-corrected chi connectivity index (χ1v) is 6.69. The van der Waals surface area contributed by atoms with Gasteiger partial charge in [0.2, 0.25) is 0 Å². The number of rotatable bonds is 8. The van der Waals surface area contributed by atoms with Gasteiger partial charge < -0.3 is 16.0 Å². The summed E-state index contributed by atoms with van der Waals surface area (Å²) >= 11 is 0. The lowest BCUT2D eigenvalue weighted by Gasteiger charge is -2.31. The van der Waals surface area contributed by atoms with Crippen LogP contribution in [0.5, 0.6) is 0 Å². The topological polar surface area (TPSA) is 61.6 Å². The van der Waals surface area contributed by atoms with Crippen molar-refractivity contribution >= 4 is 6.03 Å².